The van der Waals surface area contributed by atoms with Crippen molar-refractivity contribution in [3.05, 3.63) is 71.8 Å². The number of hydrogen-bond donors (Lipinski definition) is 2. The molecule has 122 valence electrons. The maximum absolute atomic E-state index is 12.5. The fraction of sp³-hybridized carbons (Fsp3) is 0.118. The first-order valence-corrected chi connectivity index (χ1v) is 8.06. The summed E-state index contributed by atoms with van der Waals surface area (Å²) in [6.45, 7) is 0. The number of amides is 1. The first-order chi connectivity index (χ1) is 11.5. The minimum atomic E-state index is -1.50. The van der Waals surface area contributed by atoms with E-state index in [1.54, 1.807) is 24.3 Å². The van der Waals surface area contributed by atoms with Crippen molar-refractivity contribution in [2.75, 3.05) is 0 Å². The number of nitrogens with zero attached hydrogens (tertiary/aromatic N) is 2. The van der Waals surface area contributed by atoms with Gasteiger partial charge in [0.1, 0.15) is 0 Å². The van der Waals surface area contributed by atoms with Crippen LogP contribution < -0.4 is 11.1 Å². The third kappa shape index (κ3) is 3.00. The number of amidine groups is 2. The van der Waals surface area contributed by atoms with Gasteiger partial charge in [-0.15, -0.1) is 0 Å². The summed E-state index contributed by atoms with van der Waals surface area (Å²) in [6.07, 6.45) is 0. The van der Waals surface area contributed by atoms with E-state index in [-0.39, 0.29) is 5.84 Å². The molecule has 0 aliphatic carbocycles. The number of nitrogens with two attached hydrogens (primary N) is 1. The van der Waals surface area contributed by atoms with Gasteiger partial charge in [0, 0.05) is 11.1 Å². The molecule has 1 heterocycles. The molecule has 2 aromatic rings. The summed E-state index contributed by atoms with van der Waals surface area (Å²) < 4.78 is 0. The third-order valence-electron chi connectivity index (χ3n) is 3.59. The van der Waals surface area contributed by atoms with Crippen LogP contribution in [0, 0.1) is 0 Å². The van der Waals surface area contributed by atoms with E-state index in [4.69, 9.17) is 28.9 Å². The Bertz CT molecular complexity index is 806. The first-order valence-electron chi connectivity index (χ1n) is 7.18. The average Bonchev–Trinajstić information content (AvgIpc) is 2.94. The highest BCUT2D eigenvalue weighted by atomic mass is 35.5. The molecule has 0 bridgehead atoms. The van der Waals surface area contributed by atoms with Gasteiger partial charge in [0.25, 0.3) is 5.91 Å². The summed E-state index contributed by atoms with van der Waals surface area (Å²) in [5, 5.41) is 2.71. The number of carbonyl (C=O) groups excluding carboxylic acids is 1. The Labute approximate surface area is 149 Å². The molecule has 1 aliphatic heterocycles. The summed E-state index contributed by atoms with van der Waals surface area (Å²) in [6, 6.07) is 17.9. The normalized spacial score (nSPS) is 19.8. The van der Waals surface area contributed by atoms with Crippen LogP contribution in [-0.4, -0.2) is 28.1 Å². The van der Waals surface area contributed by atoms with E-state index in [1.807, 2.05) is 36.4 Å². The highest BCUT2D eigenvalue weighted by molar-refractivity contribution is 6.47. The van der Waals surface area contributed by atoms with E-state index < -0.39 is 16.4 Å². The van der Waals surface area contributed by atoms with Crippen molar-refractivity contribution in [2.24, 2.45) is 15.7 Å². The Morgan fingerprint density at radius 2 is 1.62 bits per heavy atom. The predicted octanol–water partition coefficient (Wildman–Crippen LogP) is 2.73. The Kier molecular flexibility index (Phi) is 4.55. The molecule has 24 heavy (non-hydrogen) atoms. The molecule has 0 aromatic heterocycles. The molecule has 7 heteroatoms. The molecule has 0 unspecified atom stereocenters. The predicted molar refractivity (Wildman–Crippen MR) is 96.7 cm³/mol. The Morgan fingerprint density at radius 1 is 1.04 bits per heavy atom. The van der Waals surface area contributed by atoms with Crippen molar-refractivity contribution in [1.29, 1.82) is 0 Å². The minimum Gasteiger partial charge on any atom is -0.383 e. The molecule has 3 rings (SSSR count). The Morgan fingerprint density at radius 3 is 2.21 bits per heavy atom. The molecule has 0 spiro atoms. The lowest BCUT2D eigenvalue weighted by molar-refractivity contribution is 0.0928. The molecule has 3 N–H and O–H groups in total. The fourth-order valence-electron chi connectivity index (χ4n) is 2.31. The lowest BCUT2D eigenvalue weighted by Gasteiger charge is -2.28. The van der Waals surface area contributed by atoms with Crippen molar-refractivity contribution < 1.29 is 4.79 Å². The zero-order valence-corrected chi connectivity index (χ0v) is 14.0. The van der Waals surface area contributed by atoms with E-state index in [2.05, 4.69) is 15.3 Å². The van der Waals surface area contributed by atoms with Crippen LogP contribution >= 0.6 is 23.2 Å². The van der Waals surface area contributed by atoms with Crippen molar-refractivity contribution in [3.8, 4) is 0 Å². The number of halogens is 2. The van der Waals surface area contributed by atoms with Crippen LogP contribution in [0.3, 0.4) is 0 Å². The number of aliphatic imine (C=N–C) groups is 2. The summed E-state index contributed by atoms with van der Waals surface area (Å²) in [7, 11) is 0. The maximum atomic E-state index is 12.5. The molecule has 5 nitrogen and oxygen atoms in total. The number of nitrogens with one attached hydrogen (secondary N) is 1. The van der Waals surface area contributed by atoms with Gasteiger partial charge in [-0.25, -0.2) is 9.98 Å². The summed E-state index contributed by atoms with van der Waals surface area (Å²) in [4.78, 5) is 20.1. The molecule has 0 radical (unpaired) electrons. The van der Waals surface area contributed by atoms with Gasteiger partial charge >= 0.3 is 0 Å². The Hall–Kier alpha value is -2.37. The topological polar surface area (TPSA) is 79.8 Å². The lowest BCUT2D eigenvalue weighted by atomic mass is 10.1. The van der Waals surface area contributed by atoms with Crippen LogP contribution in [0.15, 0.2) is 70.6 Å². The van der Waals surface area contributed by atoms with Crippen LogP contribution in [0.4, 0.5) is 0 Å². The molecular formula is C17H14Cl2N4O. The van der Waals surface area contributed by atoms with Gasteiger partial charge in [-0.05, 0) is 12.1 Å². The van der Waals surface area contributed by atoms with Crippen LogP contribution in [0.2, 0.25) is 0 Å². The highest BCUT2D eigenvalue weighted by Gasteiger charge is 2.46. The highest BCUT2D eigenvalue weighted by Crippen LogP contribution is 2.28. The van der Waals surface area contributed by atoms with Crippen LogP contribution in [0.1, 0.15) is 15.9 Å². The number of benzene rings is 2. The van der Waals surface area contributed by atoms with E-state index in [0.717, 1.165) is 5.56 Å². The second-order valence-electron chi connectivity index (χ2n) is 5.19. The van der Waals surface area contributed by atoms with Gasteiger partial charge in [-0.2, -0.15) is 0 Å². The van der Waals surface area contributed by atoms with Crippen molar-refractivity contribution in [2.45, 2.75) is 10.5 Å². The number of alkyl halides is 2. The fourth-order valence-corrected chi connectivity index (χ4v) is 2.74. The molecule has 0 fully saturated rings. The van der Waals surface area contributed by atoms with Gasteiger partial charge in [-0.1, -0.05) is 71.7 Å². The molecule has 1 aliphatic rings. The minimum absolute atomic E-state index is 0.0423. The molecule has 1 amide bonds. The maximum Gasteiger partial charge on any atom is 0.253 e. The van der Waals surface area contributed by atoms with Gasteiger partial charge in [0.2, 0.25) is 5.66 Å². The summed E-state index contributed by atoms with van der Waals surface area (Å²) in [5.74, 6) is 0.0199. The van der Waals surface area contributed by atoms with E-state index in [0.29, 0.717) is 11.4 Å². The summed E-state index contributed by atoms with van der Waals surface area (Å²) >= 11 is 12.2. The number of rotatable bonds is 4. The molecule has 0 saturated heterocycles. The summed E-state index contributed by atoms with van der Waals surface area (Å²) in [5.41, 5.74) is 5.72. The second-order valence-corrected chi connectivity index (χ2v) is 6.28. The average molecular weight is 361 g/mol. The molecule has 2 aromatic carbocycles. The number of hydrogen-bond acceptors (Lipinski definition) is 4. The quantitative estimate of drug-likeness (QED) is 0.822. The zero-order chi connectivity index (χ0) is 17.2. The largest absolute Gasteiger partial charge is 0.383 e. The van der Waals surface area contributed by atoms with Gasteiger partial charge in [0.15, 0.2) is 16.5 Å². The van der Waals surface area contributed by atoms with Gasteiger partial charge < -0.3 is 11.1 Å². The van der Waals surface area contributed by atoms with Crippen LogP contribution in [0.25, 0.3) is 0 Å². The lowest BCUT2D eigenvalue weighted by Crippen LogP contribution is -2.59. The second kappa shape index (κ2) is 6.63. The van der Waals surface area contributed by atoms with Gasteiger partial charge in [-0.3, -0.25) is 4.79 Å². The smallest absolute Gasteiger partial charge is 0.253 e. The van der Waals surface area contributed by atoms with Crippen molar-refractivity contribution >= 4 is 40.8 Å². The van der Waals surface area contributed by atoms with Crippen LogP contribution in [-0.2, 0) is 0 Å². The first kappa shape index (κ1) is 16.5. The van der Waals surface area contributed by atoms with E-state index >= 15 is 0 Å². The van der Waals surface area contributed by atoms with Crippen LogP contribution in [0.5, 0.6) is 0 Å². The Balaban J connectivity index is 1.96. The SMILES string of the molecule is NC1=NC(c2ccccc2)=N[C@]1(NC(=O)c1ccccc1)C(Cl)Cl. The van der Waals surface area contributed by atoms with Crippen molar-refractivity contribution in [1.82, 2.24) is 5.32 Å². The molecule has 1 atom stereocenters. The van der Waals surface area contributed by atoms with Crippen molar-refractivity contribution in [3.63, 3.8) is 0 Å². The van der Waals surface area contributed by atoms with E-state index in [1.165, 1.54) is 0 Å². The monoisotopic (exact) mass is 360 g/mol. The number of carbonyl (C=O) groups is 1. The standard InChI is InChI=1S/C17H14Cl2N4O/c18-15(19)17(23-14(24)12-9-5-2-6-10-12)16(20)21-13(22-17)11-7-3-1-4-8-11/h1-10,15H,(H,23,24)(H2,20,21,22)/t17-/m0/s1. The van der Waals surface area contributed by atoms with E-state index in [9.17, 15) is 4.79 Å². The van der Waals surface area contributed by atoms with Gasteiger partial charge in [0.05, 0.1) is 0 Å². The molecular weight excluding hydrogens is 347 g/mol. The zero-order valence-electron chi connectivity index (χ0n) is 12.5. The molecule has 0 saturated carbocycles. The third-order valence-corrected chi connectivity index (χ3v) is 4.22.